The average molecular weight is 370 g/mol. The molecule has 0 atom stereocenters. The molecule has 0 radical (unpaired) electrons. The molecule has 0 unspecified atom stereocenters. The zero-order valence-electron chi connectivity index (χ0n) is 15.2. The van der Waals surface area contributed by atoms with Crippen LogP contribution in [-0.2, 0) is 4.74 Å². The molecule has 144 valence electrons. The van der Waals surface area contributed by atoms with Gasteiger partial charge in [-0.1, -0.05) is 32.8 Å². The van der Waals surface area contributed by atoms with Gasteiger partial charge in [0.25, 0.3) is 0 Å². The molecule has 6 heteroatoms. The molecule has 2 aromatic rings. The predicted molar refractivity (Wildman–Crippen MR) is 95.4 cm³/mol. The fourth-order valence-electron chi connectivity index (χ4n) is 2.44. The lowest BCUT2D eigenvalue weighted by molar-refractivity contribution is 0.0964. The summed E-state index contributed by atoms with van der Waals surface area (Å²) >= 11 is 0. The van der Waals surface area contributed by atoms with Gasteiger partial charge in [-0.15, -0.1) is 0 Å². The van der Waals surface area contributed by atoms with Crippen molar-refractivity contribution in [2.24, 2.45) is 0 Å². The van der Waals surface area contributed by atoms with Crippen molar-refractivity contribution < 1.29 is 27.4 Å². The number of benzene rings is 2. The second kappa shape index (κ2) is 10.3. The second-order valence-electron chi connectivity index (χ2n) is 5.99. The Kier molecular flexibility index (Phi) is 8.04. The number of hydrogen-bond donors (Lipinski definition) is 0. The molecule has 0 aromatic heterocycles. The van der Waals surface area contributed by atoms with Crippen molar-refractivity contribution in [3.8, 4) is 11.5 Å². The van der Waals surface area contributed by atoms with E-state index in [-0.39, 0.29) is 30.1 Å². The van der Waals surface area contributed by atoms with Crippen LogP contribution in [0.3, 0.4) is 0 Å². The number of hydrogen-bond acceptors (Lipinski definition) is 3. The Balaban J connectivity index is 2.14. The normalized spacial score (nSPS) is 11.1. The number of rotatable bonds is 11. The van der Waals surface area contributed by atoms with E-state index in [2.05, 4.69) is 0 Å². The van der Waals surface area contributed by atoms with Crippen molar-refractivity contribution in [2.45, 2.75) is 39.5 Å². The predicted octanol–water partition coefficient (Wildman–Crippen LogP) is 5.63. The first-order valence-corrected chi connectivity index (χ1v) is 9.03. The summed E-state index contributed by atoms with van der Waals surface area (Å²) in [5.74, 6) is -3.72. The zero-order valence-corrected chi connectivity index (χ0v) is 15.2. The van der Waals surface area contributed by atoms with Crippen molar-refractivity contribution in [1.29, 1.82) is 0 Å². The van der Waals surface area contributed by atoms with Gasteiger partial charge in [0.05, 0.1) is 18.6 Å². The SMILES string of the molecule is CCCCOCCOc1cc2ccc(OCCCC)c(F)c2c(F)c1F. The van der Waals surface area contributed by atoms with Crippen LogP contribution in [-0.4, -0.2) is 26.4 Å². The van der Waals surface area contributed by atoms with E-state index in [9.17, 15) is 13.2 Å². The van der Waals surface area contributed by atoms with Crippen LogP contribution in [0.5, 0.6) is 11.5 Å². The summed E-state index contributed by atoms with van der Waals surface area (Å²) in [6.07, 6.45) is 3.59. The van der Waals surface area contributed by atoms with Gasteiger partial charge in [0, 0.05) is 6.61 Å². The van der Waals surface area contributed by atoms with Crippen LogP contribution in [0.2, 0.25) is 0 Å². The maximum atomic E-state index is 14.5. The minimum atomic E-state index is -1.28. The summed E-state index contributed by atoms with van der Waals surface area (Å²) in [5.41, 5.74) is 0. The Hall–Kier alpha value is -1.95. The van der Waals surface area contributed by atoms with E-state index in [0.717, 1.165) is 25.7 Å². The molecule has 0 N–H and O–H groups in total. The van der Waals surface area contributed by atoms with Gasteiger partial charge in [-0.05, 0) is 30.4 Å². The highest BCUT2D eigenvalue weighted by Gasteiger charge is 2.20. The molecular formula is C20H25F3O3. The van der Waals surface area contributed by atoms with Crippen molar-refractivity contribution >= 4 is 10.8 Å². The lowest BCUT2D eigenvalue weighted by Gasteiger charge is -2.13. The van der Waals surface area contributed by atoms with Crippen molar-refractivity contribution in [1.82, 2.24) is 0 Å². The minimum Gasteiger partial charge on any atom is -0.490 e. The minimum absolute atomic E-state index is 0.0813. The quantitative estimate of drug-likeness (QED) is 0.480. The molecule has 0 fully saturated rings. The smallest absolute Gasteiger partial charge is 0.201 e. The van der Waals surface area contributed by atoms with Crippen molar-refractivity contribution in [2.75, 3.05) is 26.4 Å². The van der Waals surface area contributed by atoms with Crippen LogP contribution >= 0.6 is 0 Å². The highest BCUT2D eigenvalue weighted by Crippen LogP contribution is 2.34. The highest BCUT2D eigenvalue weighted by molar-refractivity contribution is 5.86. The topological polar surface area (TPSA) is 27.7 Å². The number of halogens is 3. The number of unbranched alkanes of at least 4 members (excludes halogenated alkanes) is 2. The molecule has 2 rings (SSSR count). The number of ether oxygens (including phenoxy) is 3. The Morgan fingerprint density at radius 3 is 2.15 bits per heavy atom. The first kappa shape index (κ1) is 20.4. The molecule has 0 saturated carbocycles. The molecule has 0 saturated heterocycles. The van der Waals surface area contributed by atoms with Gasteiger partial charge in [-0.2, -0.15) is 4.39 Å². The van der Waals surface area contributed by atoms with E-state index >= 15 is 0 Å². The van der Waals surface area contributed by atoms with Crippen LogP contribution in [0, 0.1) is 17.5 Å². The van der Waals surface area contributed by atoms with Crippen LogP contribution in [0.4, 0.5) is 13.2 Å². The van der Waals surface area contributed by atoms with Crippen LogP contribution < -0.4 is 9.47 Å². The Morgan fingerprint density at radius 1 is 0.731 bits per heavy atom. The highest BCUT2D eigenvalue weighted by atomic mass is 19.2. The third-order valence-corrected chi connectivity index (χ3v) is 3.94. The van der Waals surface area contributed by atoms with E-state index in [0.29, 0.717) is 13.2 Å². The molecule has 0 amide bonds. The Labute approximate surface area is 152 Å². The molecule has 26 heavy (non-hydrogen) atoms. The van der Waals surface area contributed by atoms with E-state index in [1.54, 1.807) is 0 Å². The van der Waals surface area contributed by atoms with Crippen molar-refractivity contribution in [3.05, 3.63) is 35.7 Å². The standard InChI is InChI=1S/C20H25F3O3/c1-3-5-9-24-11-12-26-16-13-14-7-8-15(25-10-6-4-2)18(21)17(14)20(23)19(16)22/h7-8,13H,3-6,9-12H2,1-2H3. The van der Waals surface area contributed by atoms with E-state index in [1.165, 1.54) is 18.2 Å². The first-order chi connectivity index (χ1) is 12.6. The van der Waals surface area contributed by atoms with Gasteiger partial charge >= 0.3 is 0 Å². The van der Waals surface area contributed by atoms with Crippen LogP contribution in [0.1, 0.15) is 39.5 Å². The van der Waals surface area contributed by atoms with Gasteiger partial charge in [-0.3, -0.25) is 0 Å². The molecule has 2 aromatic carbocycles. The fraction of sp³-hybridized carbons (Fsp3) is 0.500. The summed E-state index contributed by atoms with van der Waals surface area (Å²) < 4.78 is 59.0. The van der Waals surface area contributed by atoms with E-state index in [4.69, 9.17) is 14.2 Å². The van der Waals surface area contributed by atoms with Gasteiger partial charge in [-0.25, -0.2) is 8.78 Å². The summed E-state index contributed by atoms with van der Waals surface area (Å²) in [6, 6.07) is 4.20. The summed E-state index contributed by atoms with van der Waals surface area (Å²) in [6.45, 7) is 5.31. The van der Waals surface area contributed by atoms with Gasteiger partial charge in [0.15, 0.2) is 23.1 Å². The molecule has 0 aliphatic rings. The average Bonchev–Trinajstić information content (AvgIpc) is 2.63. The molecule has 0 bridgehead atoms. The fourth-order valence-corrected chi connectivity index (χ4v) is 2.44. The Bertz CT molecular complexity index is 719. The lowest BCUT2D eigenvalue weighted by Crippen LogP contribution is -2.09. The van der Waals surface area contributed by atoms with Gasteiger partial charge < -0.3 is 14.2 Å². The largest absolute Gasteiger partial charge is 0.490 e. The maximum Gasteiger partial charge on any atom is 0.201 e. The van der Waals surface area contributed by atoms with Crippen LogP contribution in [0.25, 0.3) is 10.8 Å². The first-order valence-electron chi connectivity index (χ1n) is 9.03. The van der Waals surface area contributed by atoms with Gasteiger partial charge in [0.2, 0.25) is 5.82 Å². The molecule has 0 aliphatic carbocycles. The zero-order chi connectivity index (χ0) is 18.9. The number of fused-ring (bicyclic) bond motifs is 1. The molecule has 3 nitrogen and oxygen atoms in total. The molecular weight excluding hydrogens is 345 g/mol. The van der Waals surface area contributed by atoms with Crippen LogP contribution in [0.15, 0.2) is 18.2 Å². The maximum absolute atomic E-state index is 14.5. The Morgan fingerprint density at radius 2 is 1.42 bits per heavy atom. The van der Waals surface area contributed by atoms with E-state index in [1.807, 2.05) is 13.8 Å². The summed E-state index contributed by atoms with van der Waals surface area (Å²) in [5, 5.41) is -0.214. The third-order valence-electron chi connectivity index (χ3n) is 3.94. The van der Waals surface area contributed by atoms with E-state index < -0.39 is 22.8 Å². The van der Waals surface area contributed by atoms with Crippen molar-refractivity contribution in [3.63, 3.8) is 0 Å². The summed E-state index contributed by atoms with van der Waals surface area (Å²) in [4.78, 5) is 0. The second-order valence-corrected chi connectivity index (χ2v) is 5.99. The summed E-state index contributed by atoms with van der Waals surface area (Å²) in [7, 11) is 0. The van der Waals surface area contributed by atoms with Gasteiger partial charge in [0.1, 0.15) is 6.61 Å². The monoisotopic (exact) mass is 370 g/mol. The lowest BCUT2D eigenvalue weighted by atomic mass is 10.1. The molecule has 0 aliphatic heterocycles. The third kappa shape index (κ3) is 5.04. The molecule has 0 spiro atoms. The molecule has 0 heterocycles.